The van der Waals surface area contributed by atoms with Crippen molar-refractivity contribution in [1.82, 2.24) is 4.98 Å². The van der Waals surface area contributed by atoms with Crippen LogP contribution in [0, 0.1) is 33.3 Å². The molecule has 0 aromatic carbocycles. The predicted molar refractivity (Wildman–Crippen MR) is 74.1 cm³/mol. The van der Waals surface area contributed by atoms with Gasteiger partial charge in [-0.25, -0.2) is 4.98 Å². The summed E-state index contributed by atoms with van der Waals surface area (Å²) in [5, 5.41) is 19.9. The summed E-state index contributed by atoms with van der Waals surface area (Å²) in [6.45, 7) is 4.28. The summed E-state index contributed by atoms with van der Waals surface area (Å²) in [5.74, 6) is 1.41. The Hall–Kier alpha value is -2.20. The van der Waals surface area contributed by atoms with Crippen molar-refractivity contribution in [2.24, 2.45) is 17.6 Å². The molecule has 2 unspecified atom stereocenters. The number of anilines is 1. The number of hydrogen-bond acceptors (Lipinski definition) is 6. The van der Waals surface area contributed by atoms with Crippen molar-refractivity contribution < 1.29 is 4.92 Å². The number of nitrogens with zero attached hydrogens (tertiary/aromatic N) is 4. The smallest absolute Gasteiger partial charge is 0.289 e. The number of rotatable bonds is 3. The standard InChI is InChI=1S/C13H17N5O2/c1-9-2-3-17(8-11(9)6-15)13-10(5-14)4-12(7-16-13)18(19)20/h4,7,9,11H,2-3,6,8,15H2,1H3. The van der Waals surface area contributed by atoms with Crippen LogP contribution in [0.5, 0.6) is 0 Å². The molecule has 1 fully saturated rings. The zero-order chi connectivity index (χ0) is 14.7. The average molecular weight is 275 g/mol. The minimum atomic E-state index is -0.543. The topological polar surface area (TPSA) is 109 Å². The quantitative estimate of drug-likeness (QED) is 0.657. The Kier molecular flexibility index (Phi) is 4.15. The fourth-order valence-corrected chi connectivity index (χ4v) is 2.53. The minimum absolute atomic E-state index is 0.161. The van der Waals surface area contributed by atoms with Gasteiger partial charge in [-0.05, 0) is 24.8 Å². The zero-order valence-corrected chi connectivity index (χ0v) is 11.3. The van der Waals surface area contributed by atoms with Crippen molar-refractivity contribution in [3.8, 4) is 6.07 Å². The van der Waals surface area contributed by atoms with Crippen LogP contribution in [-0.4, -0.2) is 29.5 Å². The van der Waals surface area contributed by atoms with Crippen LogP contribution in [0.15, 0.2) is 12.3 Å². The van der Waals surface area contributed by atoms with Gasteiger partial charge >= 0.3 is 0 Å². The largest absolute Gasteiger partial charge is 0.355 e. The van der Waals surface area contributed by atoms with E-state index in [2.05, 4.69) is 11.9 Å². The summed E-state index contributed by atoms with van der Waals surface area (Å²) >= 11 is 0. The van der Waals surface area contributed by atoms with E-state index in [9.17, 15) is 10.1 Å². The molecular weight excluding hydrogens is 258 g/mol. The van der Waals surface area contributed by atoms with E-state index in [1.54, 1.807) is 0 Å². The van der Waals surface area contributed by atoms with Crippen LogP contribution in [0.2, 0.25) is 0 Å². The number of piperidine rings is 1. The third kappa shape index (κ3) is 2.70. The van der Waals surface area contributed by atoms with Gasteiger partial charge in [0.2, 0.25) is 0 Å². The molecule has 2 rings (SSSR count). The summed E-state index contributed by atoms with van der Waals surface area (Å²) in [6, 6.07) is 3.27. The van der Waals surface area contributed by atoms with Crippen LogP contribution < -0.4 is 10.6 Å². The lowest BCUT2D eigenvalue weighted by Crippen LogP contribution is -2.43. The van der Waals surface area contributed by atoms with Gasteiger partial charge in [-0.1, -0.05) is 6.92 Å². The average Bonchev–Trinajstić information content (AvgIpc) is 2.47. The van der Waals surface area contributed by atoms with Crippen LogP contribution in [0.25, 0.3) is 0 Å². The maximum absolute atomic E-state index is 10.7. The molecule has 0 bridgehead atoms. The summed E-state index contributed by atoms with van der Waals surface area (Å²) in [5.41, 5.74) is 5.85. The molecule has 0 amide bonds. The van der Waals surface area contributed by atoms with Crippen molar-refractivity contribution in [2.45, 2.75) is 13.3 Å². The third-order valence-corrected chi connectivity index (χ3v) is 3.90. The molecule has 1 aromatic rings. The molecule has 2 N–H and O–H groups in total. The monoisotopic (exact) mass is 275 g/mol. The molecule has 1 aliphatic rings. The van der Waals surface area contributed by atoms with E-state index in [4.69, 9.17) is 11.0 Å². The minimum Gasteiger partial charge on any atom is -0.355 e. The van der Waals surface area contributed by atoms with E-state index < -0.39 is 4.92 Å². The molecule has 1 aliphatic heterocycles. The number of hydrogen-bond donors (Lipinski definition) is 1. The van der Waals surface area contributed by atoms with Gasteiger partial charge in [0.05, 0.1) is 4.92 Å². The van der Waals surface area contributed by atoms with E-state index in [-0.39, 0.29) is 11.3 Å². The number of nitrogens with two attached hydrogens (primary N) is 1. The Morgan fingerprint density at radius 2 is 2.45 bits per heavy atom. The Bertz CT molecular complexity index is 554. The number of pyridine rings is 1. The Morgan fingerprint density at radius 3 is 3.05 bits per heavy atom. The van der Waals surface area contributed by atoms with Gasteiger partial charge < -0.3 is 10.6 Å². The summed E-state index contributed by atoms with van der Waals surface area (Å²) in [4.78, 5) is 16.3. The van der Waals surface area contributed by atoms with E-state index in [0.717, 1.165) is 19.5 Å². The molecule has 106 valence electrons. The van der Waals surface area contributed by atoms with Crippen LogP contribution in [0.4, 0.5) is 11.5 Å². The van der Waals surface area contributed by atoms with Crippen LogP contribution in [-0.2, 0) is 0 Å². The van der Waals surface area contributed by atoms with Crippen LogP contribution >= 0.6 is 0 Å². The van der Waals surface area contributed by atoms with Gasteiger partial charge in [0, 0.05) is 19.2 Å². The second-order valence-electron chi connectivity index (χ2n) is 5.14. The van der Waals surface area contributed by atoms with Crippen molar-refractivity contribution in [3.05, 3.63) is 27.9 Å². The summed E-state index contributed by atoms with van der Waals surface area (Å²) in [6.07, 6.45) is 2.18. The molecule has 1 saturated heterocycles. The lowest BCUT2D eigenvalue weighted by molar-refractivity contribution is -0.385. The highest BCUT2D eigenvalue weighted by Crippen LogP contribution is 2.28. The normalized spacial score (nSPS) is 22.4. The van der Waals surface area contributed by atoms with Crippen molar-refractivity contribution in [2.75, 3.05) is 24.5 Å². The van der Waals surface area contributed by atoms with Gasteiger partial charge in [0.15, 0.2) is 0 Å². The first-order valence-corrected chi connectivity index (χ1v) is 6.56. The molecule has 7 nitrogen and oxygen atoms in total. The molecule has 7 heteroatoms. The molecule has 1 aromatic heterocycles. The zero-order valence-electron chi connectivity index (χ0n) is 11.3. The van der Waals surface area contributed by atoms with Gasteiger partial charge in [-0.2, -0.15) is 5.26 Å². The fourth-order valence-electron chi connectivity index (χ4n) is 2.53. The van der Waals surface area contributed by atoms with E-state index in [1.165, 1.54) is 12.3 Å². The highest BCUT2D eigenvalue weighted by atomic mass is 16.6. The molecule has 0 aliphatic carbocycles. The first kappa shape index (κ1) is 14.2. The van der Waals surface area contributed by atoms with E-state index in [1.807, 2.05) is 11.0 Å². The van der Waals surface area contributed by atoms with Gasteiger partial charge in [-0.3, -0.25) is 10.1 Å². The Balaban J connectivity index is 2.29. The highest BCUT2D eigenvalue weighted by Gasteiger charge is 2.27. The fraction of sp³-hybridized carbons (Fsp3) is 0.538. The predicted octanol–water partition coefficient (Wildman–Crippen LogP) is 1.28. The van der Waals surface area contributed by atoms with Gasteiger partial charge in [0.1, 0.15) is 23.6 Å². The van der Waals surface area contributed by atoms with Crippen molar-refractivity contribution in [3.63, 3.8) is 0 Å². The molecule has 20 heavy (non-hydrogen) atoms. The summed E-state index contributed by atoms with van der Waals surface area (Å²) in [7, 11) is 0. The van der Waals surface area contributed by atoms with Crippen molar-refractivity contribution >= 4 is 11.5 Å². The van der Waals surface area contributed by atoms with Crippen LogP contribution in [0.3, 0.4) is 0 Å². The Morgan fingerprint density at radius 1 is 1.70 bits per heavy atom. The second-order valence-corrected chi connectivity index (χ2v) is 5.14. The maximum atomic E-state index is 10.7. The molecule has 2 heterocycles. The molecule has 0 radical (unpaired) electrons. The highest BCUT2D eigenvalue weighted by molar-refractivity contribution is 5.57. The first-order valence-electron chi connectivity index (χ1n) is 6.56. The van der Waals surface area contributed by atoms with E-state index >= 15 is 0 Å². The Labute approximate surface area is 117 Å². The number of nitriles is 1. The molecule has 0 saturated carbocycles. The molecule has 0 spiro atoms. The maximum Gasteiger partial charge on any atom is 0.289 e. The lowest BCUT2D eigenvalue weighted by Gasteiger charge is -2.37. The molecule has 2 atom stereocenters. The second kappa shape index (κ2) is 5.84. The van der Waals surface area contributed by atoms with E-state index in [0.29, 0.717) is 24.2 Å². The lowest BCUT2D eigenvalue weighted by atomic mass is 9.87. The van der Waals surface area contributed by atoms with Gasteiger partial charge in [-0.15, -0.1) is 0 Å². The number of nitro groups is 1. The number of aromatic nitrogens is 1. The third-order valence-electron chi connectivity index (χ3n) is 3.90. The van der Waals surface area contributed by atoms with Crippen LogP contribution in [0.1, 0.15) is 18.9 Å². The first-order chi connectivity index (χ1) is 9.56. The molecular formula is C13H17N5O2. The SMILES string of the molecule is CC1CCN(c2ncc([N+](=O)[O-])cc2C#N)CC1CN. The van der Waals surface area contributed by atoms with Gasteiger partial charge in [0.25, 0.3) is 5.69 Å². The summed E-state index contributed by atoms with van der Waals surface area (Å²) < 4.78 is 0. The van der Waals surface area contributed by atoms with Crippen molar-refractivity contribution in [1.29, 1.82) is 5.26 Å².